The fourth-order valence-electron chi connectivity index (χ4n) is 4.83. The van der Waals surface area contributed by atoms with E-state index in [1.807, 2.05) is 24.3 Å². The Morgan fingerprint density at radius 1 is 0.917 bits per heavy atom. The average molecular weight is 491 g/mol. The van der Waals surface area contributed by atoms with E-state index < -0.39 is 11.7 Å². The predicted octanol–water partition coefficient (Wildman–Crippen LogP) is 3.40. The van der Waals surface area contributed by atoms with E-state index in [-0.39, 0.29) is 22.9 Å². The molecule has 0 saturated carbocycles. The predicted molar refractivity (Wildman–Crippen MR) is 131 cm³/mol. The number of rotatable bonds is 4. The van der Waals surface area contributed by atoms with E-state index in [1.54, 1.807) is 37.3 Å². The van der Waals surface area contributed by atoms with Crippen LogP contribution in [0.5, 0.6) is 17.2 Å². The molecule has 2 heterocycles. The summed E-state index contributed by atoms with van der Waals surface area (Å²) in [4.78, 5) is 39.9. The Kier molecular flexibility index (Phi) is 5.91. The highest BCUT2D eigenvalue weighted by Crippen LogP contribution is 2.36. The van der Waals surface area contributed by atoms with E-state index in [4.69, 9.17) is 18.9 Å². The van der Waals surface area contributed by atoms with E-state index in [9.17, 15) is 14.4 Å². The maximum absolute atomic E-state index is 13.4. The van der Waals surface area contributed by atoms with Gasteiger partial charge in [-0.1, -0.05) is 12.1 Å². The van der Waals surface area contributed by atoms with E-state index >= 15 is 0 Å². The Balaban J connectivity index is 1.35. The number of methoxy groups -OCH3 is 3. The molecular weight excluding hydrogens is 464 g/mol. The Morgan fingerprint density at radius 2 is 1.67 bits per heavy atom. The van der Waals surface area contributed by atoms with Gasteiger partial charge in [0.2, 0.25) is 0 Å². The van der Waals surface area contributed by atoms with E-state index in [0.717, 1.165) is 10.8 Å². The number of carbonyl (C=O) groups is 3. The molecule has 5 rings (SSSR count). The summed E-state index contributed by atoms with van der Waals surface area (Å²) in [6.07, 6.45) is 0.827. The number of likely N-dealkylation sites (tertiary alicyclic amines) is 1. The van der Waals surface area contributed by atoms with Gasteiger partial charge in [0.15, 0.2) is 5.72 Å². The van der Waals surface area contributed by atoms with Crippen molar-refractivity contribution in [1.29, 1.82) is 0 Å². The second-order valence-corrected chi connectivity index (χ2v) is 8.78. The molecule has 1 N–H and O–H groups in total. The van der Waals surface area contributed by atoms with Crippen molar-refractivity contribution < 1.29 is 33.3 Å². The largest absolute Gasteiger partial charge is 0.496 e. The molecule has 2 amide bonds. The Hall–Kier alpha value is -4.27. The van der Waals surface area contributed by atoms with Gasteiger partial charge in [0, 0.05) is 42.3 Å². The van der Waals surface area contributed by atoms with Gasteiger partial charge in [-0.3, -0.25) is 9.59 Å². The SMILES string of the molecule is COC(=O)c1ccc2c(c1)C(=O)NC1(CCN(C(=O)c3cc(OC)c4cccc(OC)c4c3)CC1)O2. The second-order valence-electron chi connectivity index (χ2n) is 8.78. The van der Waals surface area contributed by atoms with Crippen LogP contribution < -0.4 is 19.5 Å². The smallest absolute Gasteiger partial charge is 0.337 e. The summed E-state index contributed by atoms with van der Waals surface area (Å²) in [6.45, 7) is 0.780. The fourth-order valence-corrected chi connectivity index (χ4v) is 4.83. The van der Waals surface area contributed by atoms with Crippen LogP contribution in [0.2, 0.25) is 0 Å². The summed E-state index contributed by atoms with van der Waals surface area (Å²) in [5, 5.41) is 4.59. The molecule has 2 aliphatic heterocycles. The number of amides is 2. The van der Waals surface area contributed by atoms with Gasteiger partial charge in [0.05, 0.1) is 32.5 Å². The van der Waals surface area contributed by atoms with Crippen molar-refractivity contribution in [3.63, 3.8) is 0 Å². The van der Waals surface area contributed by atoms with Crippen molar-refractivity contribution in [1.82, 2.24) is 10.2 Å². The number of fused-ring (bicyclic) bond motifs is 2. The minimum absolute atomic E-state index is 0.138. The molecule has 0 atom stereocenters. The lowest BCUT2D eigenvalue weighted by Crippen LogP contribution is -2.61. The minimum Gasteiger partial charge on any atom is -0.496 e. The maximum atomic E-state index is 13.4. The second kappa shape index (κ2) is 9.07. The van der Waals surface area contributed by atoms with Gasteiger partial charge in [0.25, 0.3) is 11.8 Å². The zero-order chi connectivity index (χ0) is 25.4. The molecule has 1 fully saturated rings. The summed E-state index contributed by atoms with van der Waals surface area (Å²) in [7, 11) is 4.45. The van der Waals surface area contributed by atoms with E-state index in [1.165, 1.54) is 13.2 Å². The number of piperidine rings is 1. The number of benzene rings is 3. The summed E-state index contributed by atoms with van der Waals surface area (Å²) < 4.78 is 22.0. The summed E-state index contributed by atoms with van der Waals surface area (Å²) in [5.74, 6) is 0.659. The third-order valence-electron chi connectivity index (χ3n) is 6.76. The lowest BCUT2D eigenvalue weighted by molar-refractivity contribution is -0.0245. The van der Waals surface area contributed by atoms with Gasteiger partial charge in [0.1, 0.15) is 17.2 Å². The van der Waals surface area contributed by atoms with Crippen LogP contribution in [-0.4, -0.2) is 62.8 Å². The number of nitrogens with zero attached hydrogens (tertiary/aromatic N) is 1. The van der Waals surface area contributed by atoms with Crippen LogP contribution in [-0.2, 0) is 4.74 Å². The molecular formula is C27H26N2O7. The number of esters is 1. The molecule has 1 spiro atoms. The zero-order valence-corrected chi connectivity index (χ0v) is 20.3. The molecule has 0 aliphatic carbocycles. The first-order valence-corrected chi connectivity index (χ1v) is 11.6. The molecule has 9 heteroatoms. The molecule has 36 heavy (non-hydrogen) atoms. The Labute approximate surface area is 207 Å². The molecule has 0 bridgehead atoms. The average Bonchev–Trinajstić information content (AvgIpc) is 2.91. The topological polar surface area (TPSA) is 103 Å². The first kappa shape index (κ1) is 23.5. The summed E-state index contributed by atoms with van der Waals surface area (Å²) >= 11 is 0. The van der Waals surface area contributed by atoms with Crippen LogP contribution in [0.15, 0.2) is 48.5 Å². The van der Waals surface area contributed by atoms with Crippen molar-refractivity contribution in [3.05, 3.63) is 65.2 Å². The van der Waals surface area contributed by atoms with Crippen LogP contribution in [0, 0.1) is 0 Å². The van der Waals surface area contributed by atoms with Crippen LogP contribution in [0.3, 0.4) is 0 Å². The summed E-state index contributed by atoms with van der Waals surface area (Å²) in [6, 6.07) is 13.8. The van der Waals surface area contributed by atoms with Crippen molar-refractivity contribution >= 4 is 28.6 Å². The zero-order valence-electron chi connectivity index (χ0n) is 20.3. The van der Waals surface area contributed by atoms with Gasteiger partial charge >= 0.3 is 5.97 Å². The standard InChI is InChI=1S/C27H26N2O7/c1-33-21-6-4-5-18-19(21)14-17(15-23(18)34-2)25(31)29-11-9-27(10-12-29)28-24(30)20-13-16(26(32)35-3)7-8-22(20)36-27/h4-8,13-15H,9-12H2,1-3H3,(H,28,30). The van der Waals surface area contributed by atoms with Crippen molar-refractivity contribution in [2.75, 3.05) is 34.4 Å². The normalized spacial score (nSPS) is 16.1. The van der Waals surface area contributed by atoms with E-state index in [0.29, 0.717) is 48.7 Å². The third kappa shape index (κ3) is 3.96. The minimum atomic E-state index is -0.919. The molecule has 9 nitrogen and oxygen atoms in total. The van der Waals surface area contributed by atoms with Crippen molar-refractivity contribution in [2.24, 2.45) is 0 Å². The molecule has 3 aromatic rings. The van der Waals surface area contributed by atoms with Crippen LogP contribution in [0.1, 0.15) is 43.9 Å². The highest BCUT2D eigenvalue weighted by atomic mass is 16.5. The van der Waals surface area contributed by atoms with Crippen molar-refractivity contribution in [2.45, 2.75) is 18.6 Å². The quantitative estimate of drug-likeness (QED) is 0.559. The lowest BCUT2D eigenvalue weighted by atomic mass is 9.95. The highest BCUT2D eigenvalue weighted by molar-refractivity contribution is 6.03. The first-order chi connectivity index (χ1) is 17.4. The first-order valence-electron chi connectivity index (χ1n) is 11.6. The van der Waals surface area contributed by atoms with Crippen LogP contribution >= 0.6 is 0 Å². The molecule has 186 valence electrons. The van der Waals surface area contributed by atoms with Gasteiger partial charge in [-0.05, 0) is 36.4 Å². The number of nitrogens with one attached hydrogen (secondary N) is 1. The van der Waals surface area contributed by atoms with Gasteiger partial charge in [-0.15, -0.1) is 0 Å². The molecule has 0 aromatic heterocycles. The number of hydrogen-bond donors (Lipinski definition) is 1. The van der Waals surface area contributed by atoms with Crippen LogP contribution in [0.4, 0.5) is 0 Å². The fraction of sp³-hybridized carbons (Fsp3) is 0.296. The van der Waals surface area contributed by atoms with Crippen molar-refractivity contribution in [3.8, 4) is 17.2 Å². The number of ether oxygens (including phenoxy) is 4. The highest BCUT2D eigenvalue weighted by Gasteiger charge is 2.43. The summed E-state index contributed by atoms with van der Waals surface area (Å²) in [5.41, 5.74) is 0.125. The number of hydrogen-bond acceptors (Lipinski definition) is 7. The third-order valence-corrected chi connectivity index (χ3v) is 6.76. The molecule has 3 aromatic carbocycles. The van der Waals surface area contributed by atoms with Gasteiger partial charge in [-0.25, -0.2) is 4.79 Å². The van der Waals surface area contributed by atoms with Crippen LogP contribution in [0.25, 0.3) is 10.8 Å². The van der Waals surface area contributed by atoms with Gasteiger partial charge in [-0.2, -0.15) is 0 Å². The molecule has 2 aliphatic rings. The Morgan fingerprint density at radius 3 is 2.36 bits per heavy atom. The molecule has 0 unspecified atom stereocenters. The number of carbonyl (C=O) groups excluding carboxylic acids is 3. The molecule has 0 radical (unpaired) electrons. The molecule has 1 saturated heterocycles. The van der Waals surface area contributed by atoms with Gasteiger partial charge < -0.3 is 29.2 Å². The maximum Gasteiger partial charge on any atom is 0.337 e. The van der Waals surface area contributed by atoms with E-state index in [2.05, 4.69) is 5.32 Å². The lowest BCUT2D eigenvalue weighted by Gasteiger charge is -2.44. The Bertz CT molecular complexity index is 1380. The monoisotopic (exact) mass is 490 g/mol.